The molecule has 0 unspecified atom stereocenters. The first-order valence-corrected chi connectivity index (χ1v) is 16.0. The van der Waals surface area contributed by atoms with Gasteiger partial charge in [-0.1, -0.05) is 53.4 Å². The molecule has 0 aliphatic carbocycles. The van der Waals surface area contributed by atoms with Crippen LogP contribution in [0.1, 0.15) is 23.1 Å². The summed E-state index contributed by atoms with van der Waals surface area (Å²) in [5.41, 5.74) is 8.40. The number of pyridine rings is 1. The van der Waals surface area contributed by atoms with Gasteiger partial charge in [0.15, 0.2) is 0 Å². The maximum absolute atomic E-state index is 13.6. The van der Waals surface area contributed by atoms with Gasteiger partial charge in [0.1, 0.15) is 5.82 Å². The van der Waals surface area contributed by atoms with E-state index in [4.69, 9.17) is 4.84 Å². The second kappa shape index (κ2) is 13.5. The highest BCUT2D eigenvalue weighted by atomic mass is 32.2. The molecule has 0 bridgehead atoms. The van der Waals surface area contributed by atoms with E-state index in [0.29, 0.717) is 0 Å². The van der Waals surface area contributed by atoms with Crippen LogP contribution in [-0.4, -0.2) is 42.9 Å². The van der Waals surface area contributed by atoms with E-state index in [9.17, 15) is 12.8 Å². The minimum Gasteiger partial charge on any atom is -0.360 e. The first kappa shape index (κ1) is 29.7. The number of benzene rings is 3. The Morgan fingerprint density at radius 2 is 1.64 bits per heavy atom. The van der Waals surface area contributed by atoms with Crippen LogP contribution in [0.3, 0.4) is 0 Å². The molecule has 3 aromatic carbocycles. The highest BCUT2D eigenvalue weighted by Gasteiger charge is 2.21. The lowest BCUT2D eigenvalue weighted by Crippen LogP contribution is -2.30. The molecule has 0 atom stereocenters. The lowest BCUT2D eigenvalue weighted by atomic mass is 9.92. The monoisotopic (exact) mass is 608 g/mol. The average Bonchev–Trinajstić information content (AvgIpc) is 3.51. The number of hydrogen-bond donors (Lipinski definition) is 2. The van der Waals surface area contributed by atoms with Crippen LogP contribution < -0.4 is 4.89 Å². The summed E-state index contributed by atoms with van der Waals surface area (Å²) in [6.45, 7) is 2.74. The third-order valence-corrected chi connectivity index (χ3v) is 9.05. The summed E-state index contributed by atoms with van der Waals surface area (Å²) in [6.07, 6.45) is 9.61. The van der Waals surface area contributed by atoms with E-state index in [1.165, 1.54) is 17.7 Å². The van der Waals surface area contributed by atoms with Gasteiger partial charge in [-0.15, -0.1) is 0 Å². The van der Waals surface area contributed by atoms with Crippen LogP contribution in [0.4, 0.5) is 4.39 Å². The van der Waals surface area contributed by atoms with E-state index in [1.54, 1.807) is 36.7 Å². The quantitative estimate of drug-likeness (QED) is 0.165. The van der Waals surface area contributed by atoms with Crippen LogP contribution in [0.5, 0.6) is 0 Å². The highest BCUT2D eigenvalue weighted by molar-refractivity contribution is 7.89. The van der Waals surface area contributed by atoms with E-state index in [2.05, 4.69) is 25.8 Å². The number of hydrogen-bond acceptors (Lipinski definition) is 5. The van der Waals surface area contributed by atoms with E-state index in [1.807, 2.05) is 60.8 Å². The van der Waals surface area contributed by atoms with Crippen molar-refractivity contribution in [1.82, 2.24) is 19.8 Å². The Labute approximate surface area is 257 Å². The third kappa shape index (κ3) is 7.03. The molecule has 224 valence electrons. The van der Waals surface area contributed by atoms with Gasteiger partial charge in [-0.05, 0) is 89.2 Å². The van der Waals surface area contributed by atoms with Gasteiger partial charge < -0.3 is 4.98 Å². The number of nitrogens with zero attached hydrogens (tertiary/aromatic N) is 2. The Kier molecular flexibility index (Phi) is 9.09. The minimum atomic E-state index is -3.77. The summed E-state index contributed by atoms with van der Waals surface area (Å²) in [7, 11) is -3.77. The van der Waals surface area contributed by atoms with Gasteiger partial charge in [0, 0.05) is 49.4 Å². The van der Waals surface area contributed by atoms with Gasteiger partial charge in [0.2, 0.25) is 0 Å². The number of rotatable bonds is 11. The molecule has 0 saturated heterocycles. The van der Waals surface area contributed by atoms with Crippen molar-refractivity contribution in [3.05, 3.63) is 138 Å². The van der Waals surface area contributed by atoms with Crippen LogP contribution in [0.2, 0.25) is 0 Å². The van der Waals surface area contributed by atoms with Gasteiger partial charge >= 0.3 is 0 Å². The average molecular weight is 609 g/mol. The van der Waals surface area contributed by atoms with E-state index >= 15 is 0 Å². The normalized spacial score (nSPS) is 14.0. The van der Waals surface area contributed by atoms with Gasteiger partial charge in [-0.3, -0.25) is 14.7 Å². The fraction of sp³-hybridized carbons (Fsp3) is 0.171. The number of sulfonamides is 1. The molecule has 1 aliphatic rings. The van der Waals surface area contributed by atoms with Crippen molar-refractivity contribution in [3.8, 4) is 22.4 Å². The van der Waals surface area contributed by atoms with Crippen molar-refractivity contribution < 1.29 is 17.6 Å². The topological polar surface area (TPSA) is 87.3 Å². The molecule has 3 heterocycles. The van der Waals surface area contributed by atoms with Gasteiger partial charge in [0.25, 0.3) is 10.0 Å². The smallest absolute Gasteiger partial charge is 0.262 e. The Balaban J connectivity index is 1.08. The molecule has 0 fully saturated rings. The van der Waals surface area contributed by atoms with Crippen molar-refractivity contribution in [2.24, 2.45) is 0 Å². The minimum absolute atomic E-state index is 0.148. The lowest BCUT2D eigenvalue weighted by Gasteiger charge is -2.26. The molecule has 5 aromatic rings. The van der Waals surface area contributed by atoms with Crippen molar-refractivity contribution in [1.29, 1.82) is 0 Å². The Bertz CT molecular complexity index is 1820. The summed E-state index contributed by atoms with van der Waals surface area (Å²) in [4.78, 5) is 17.6. The maximum Gasteiger partial charge on any atom is 0.262 e. The molecule has 9 heteroatoms. The SMILES string of the molecule is O=S(=O)(NOCc1ccccc1)c1ccc(CCN2CC=C(c3c[nH]c(-c4ccc(F)cc4)c3-c3ccncc3)CC2)cc1. The number of aromatic amines is 1. The molecule has 2 N–H and O–H groups in total. The first-order chi connectivity index (χ1) is 21.5. The molecule has 2 aromatic heterocycles. The van der Waals surface area contributed by atoms with Crippen LogP contribution in [-0.2, 0) is 27.9 Å². The number of H-pyrrole nitrogens is 1. The fourth-order valence-corrected chi connectivity index (χ4v) is 6.24. The molecule has 44 heavy (non-hydrogen) atoms. The zero-order valence-electron chi connectivity index (χ0n) is 24.1. The van der Waals surface area contributed by atoms with E-state index < -0.39 is 10.0 Å². The Hall–Kier alpha value is -4.41. The Morgan fingerprint density at radius 1 is 0.886 bits per heavy atom. The standard InChI is InChI=1S/C35H33FN4O3S/c36-31-10-8-30(9-11-31)35-34(29-14-19-37-20-15-29)33(24-38-35)28-17-22-40(23-18-28)21-16-26-6-12-32(13-7-26)44(41,42)39-43-25-27-4-2-1-3-5-27/h1-15,17,19-20,24,38-39H,16,18,21-23,25H2. The van der Waals surface area contributed by atoms with Crippen LogP contribution in [0.15, 0.2) is 121 Å². The summed E-state index contributed by atoms with van der Waals surface area (Å²) < 4.78 is 38.9. The number of nitrogens with one attached hydrogen (secondary N) is 2. The Morgan fingerprint density at radius 3 is 2.34 bits per heavy atom. The maximum atomic E-state index is 13.6. The molecule has 1 aliphatic heterocycles. The zero-order valence-corrected chi connectivity index (χ0v) is 24.9. The molecule has 7 nitrogen and oxygen atoms in total. The molecule has 0 radical (unpaired) electrons. The van der Waals surface area contributed by atoms with E-state index in [0.717, 1.165) is 71.6 Å². The van der Waals surface area contributed by atoms with Gasteiger partial charge in [-0.2, -0.15) is 0 Å². The molecule has 0 amide bonds. The lowest BCUT2D eigenvalue weighted by molar-refractivity contribution is 0.0795. The fourth-order valence-electron chi connectivity index (χ4n) is 5.43. The van der Waals surface area contributed by atoms with Crippen LogP contribution in [0, 0.1) is 5.82 Å². The van der Waals surface area contributed by atoms with Crippen molar-refractivity contribution in [2.75, 3.05) is 19.6 Å². The predicted molar refractivity (Wildman–Crippen MR) is 170 cm³/mol. The van der Waals surface area contributed by atoms with E-state index in [-0.39, 0.29) is 17.3 Å². The third-order valence-electron chi connectivity index (χ3n) is 7.82. The molecular formula is C35H33FN4O3S. The summed E-state index contributed by atoms with van der Waals surface area (Å²) >= 11 is 0. The van der Waals surface area contributed by atoms with Crippen molar-refractivity contribution >= 4 is 15.6 Å². The number of halogens is 1. The van der Waals surface area contributed by atoms with Crippen molar-refractivity contribution in [3.63, 3.8) is 0 Å². The molecule has 6 rings (SSSR count). The summed E-state index contributed by atoms with van der Waals surface area (Å²) in [5.74, 6) is -0.261. The molecule has 0 saturated carbocycles. The summed E-state index contributed by atoms with van der Waals surface area (Å²) in [6, 6.07) is 26.9. The van der Waals surface area contributed by atoms with Gasteiger partial charge in [0.05, 0.1) is 17.2 Å². The second-order valence-electron chi connectivity index (χ2n) is 10.7. The van der Waals surface area contributed by atoms with Crippen LogP contribution >= 0.6 is 0 Å². The molecule has 0 spiro atoms. The largest absolute Gasteiger partial charge is 0.360 e. The molecular weight excluding hydrogens is 575 g/mol. The highest BCUT2D eigenvalue weighted by Crippen LogP contribution is 2.39. The van der Waals surface area contributed by atoms with Crippen LogP contribution in [0.25, 0.3) is 28.0 Å². The predicted octanol–water partition coefficient (Wildman–Crippen LogP) is 6.62. The number of aromatic nitrogens is 2. The van der Waals surface area contributed by atoms with Crippen molar-refractivity contribution in [2.45, 2.75) is 24.3 Å². The second-order valence-corrected chi connectivity index (χ2v) is 12.4. The first-order valence-electron chi connectivity index (χ1n) is 14.5. The van der Waals surface area contributed by atoms with Gasteiger partial charge in [-0.25, -0.2) is 12.8 Å². The summed E-state index contributed by atoms with van der Waals surface area (Å²) in [5, 5.41) is 0. The zero-order chi connectivity index (χ0) is 30.4.